The summed E-state index contributed by atoms with van der Waals surface area (Å²) in [5, 5.41) is 8.32. The molecule has 1 aliphatic rings. The first-order chi connectivity index (χ1) is 9.83. The average molecular weight is 295 g/mol. The molecule has 0 spiro atoms. The van der Waals surface area contributed by atoms with E-state index >= 15 is 0 Å². The van der Waals surface area contributed by atoms with E-state index in [-0.39, 0.29) is 6.79 Å². The highest BCUT2D eigenvalue weighted by atomic mass is 35.5. The lowest BCUT2D eigenvalue weighted by atomic mass is 10.2. The van der Waals surface area contributed by atoms with Gasteiger partial charge < -0.3 is 15.2 Å². The van der Waals surface area contributed by atoms with E-state index in [1.165, 1.54) is 0 Å². The molecule has 2 N–H and O–H groups in total. The minimum atomic E-state index is 0.253. The molecule has 7 heteroatoms. The van der Waals surface area contributed by atoms with Crippen LogP contribution >= 0.6 is 11.6 Å². The number of benzene rings is 1. The zero-order valence-corrected chi connectivity index (χ0v) is 11.6. The third-order valence-electron chi connectivity index (χ3n) is 3.14. The molecule has 1 aliphatic heterocycles. The average Bonchev–Trinajstić information content (AvgIpc) is 3.10. The van der Waals surface area contributed by atoms with Gasteiger partial charge in [-0.3, -0.25) is 4.57 Å². The van der Waals surface area contributed by atoms with Crippen molar-refractivity contribution < 1.29 is 9.47 Å². The largest absolute Gasteiger partial charge is 0.454 e. The van der Waals surface area contributed by atoms with E-state index in [4.69, 9.17) is 26.8 Å². The Bertz CT molecular complexity index is 614. The molecule has 0 radical (unpaired) electrons. The molecule has 0 unspecified atom stereocenters. The first-order valence-electron chi connectivity index (χ1n) is 6.42. The highest BCUT2D eigenvalue weighted by Crippen LogP contribution is 2.34. The van der Waals surface area contributed by atoms with Gasteiger partial charge in [0.2, 0.25) is 6.79 Å². The van der Waals surface area contributed by atoms with Crippen molar-refractivity contribution in [3.8, 4) is 17.2 Å². The van der Waals surface area contributed by atoms with Gasteiger partial charge in [-0.2, -0.15) is 0 Å². The second-order valence-electron chi connectivity index (χ2n) is 4.43. The molecule has 0 aliphatic carbocycles. The zero-order chi connectivity index (χ0) is 13.9. The Balaban J connectivity index is 2.01. The van der Waals surface area contributed by atoms with Gasteiger partial charge in [-0.25, -0.2) is 0 Å². The molecule has 2 aromatic rings. The molecule has 0 saturated heterocycles. The summed E-state index contributed by atoms with van der Waals surface area (Å²) in [6.07, 6.45) is 1.61. The molecule has 0 saturated carbocycles. The number of fused-ring (bicyclic) bond motifs is 1. The summed E-state index contributed by atoms with van der Waals surface area (Å²) in [5.41, 5.74) is 6.48. The topological polar surface area (TPSA) is 75.2 Å². The van der Waals surface area contributed by atoms with Crippen LogP contribution in [0.1, 0.15) is 18.1 Å². The van der Waals surface area contributed by atoms with Crippen molar-refractivity contribution in [2.45, 2.75) is 18.7 Å². The maximum Gasteiger partial charge on any atom is 0.231 e. The lowest BCUT2D eigenvalue weighted by Gasteiger charge is -2.10. The summed E-state index contributed by atoms with van der Waals surface area (Å²) in [6, 6.07) is 5.73. The molecule has 20 heavy (non-hydrogen) atoms. The van der Waals surface area contributed by atoms with E-state index in [9.17, 15) is 0 Å². The van der Waals surface area contributed by atoms with Gasteiger partial charge in [-0.05, 0) is 25.1 Å². The predicted octanol–water partition coefficient (Wildman–Crippen LogP) is 1.63. The van der Waals surface area contributed by atoms with Crippen LogP contribution in [0, 0.1) is 0 Å². The molecule has 1 aromatic carbocycles. The predicted molar refractivity (Wildman–Crippen MR) is 74.4 cm³/mol. The van der Waals surface area contributed by atoms with Gasteiger partial charge in [-0.1, -0.05) is 0 Å². The van der Waals surface area contributed by atoms with Crippen molar-refractivity contribution in [1.82, 2.24) is 14.8 Å². The molecular weight excluding hydrogens is 280 g/mol. The number of halogens is 1. The van der Waals surface area contributed by atoms with Crippen LogP contribution in [-0.2, 0) is 12.3 Å². The smallest absolute Gasteiger partial charge is 0.231 e. The fourth-order valence-corrected chi connectivity index (χ4v) is 2.36. The highest BCUT2D eigenvalue weighted by molar-refractivity contribution is 6.16. The van der Waals surface area contributed by atoms with Crippen LogP contribution in [0.3, 0.4) is 0 Å². The number of nitrogens with two attached hydrogens (primary N) is 1. The fourth-order valence-electron chi connectivity index (χ4n) is 2.18. The number of aromatic nitrogens is 3. The summed E-state index contributed by atoms with van der Waals surface area (Å²) in [5.74, 6) is 3.33. The monoisotopic (exact) mass is 294 g/mol. The molecule has 0 amide bonds. The highest BCUT2D eigenvalue weighted by Gasteiger charge is 2.17. The van der Waals surface area contributed by atoms with E-state index in [0.29, 0.717) is 18.2 Å². The second-order valence-corrected chi connectivity index (χ2v) is 4.70. The summed E-state index contributed by atoms with van der Waals surface area (Å²) < 4.78 is 12.7. The Morgan fingerprint density at radius 3 is 2.80 bits per heavy atom. The van der Waals surface area contributed by atoms with Crippen molar-refractivity contribution in [3.63, 3.8) is 0 Å². The molecule has 1 aromatic heterocycles. The van der Waals surface area contributed by atoms with Crippen LogP contribution in [0.2, 0.25) is 0 Å². The van der Waals surface area contributed by atoms with E-state index in [1.807, 2.05) is 22.8 Å². The van der Waals surface area contributed by atoms with Crippen LogP contribution in [0.5, 0.6) is 11.5 Å². The van der Waals surface area contributed by atoms with Crippen molar-refractivity contribution in [2.24, 2.45) is 5.73 Å². The quantitative estimate of drug-likeness (QED) is 0.848. The first-order valence-corrected chi connectivity index (χ1v) is 6.96. The van der Waals surface area contributed by atoms with Gasteiger partial charge in [0.25, 0.3) is 0 Å². The van der Waals surface area contributed by atoms with Gasteiger partial charge >= 0.3 is 0 Å². The fraction of sp³-hybridized carbons (Fsp3) is 0.385. The van der Waals surface area contributed by atoms with Gasteiger partial charge in [0.05, 0.1) is 11.6 Å². The van der Waals surface area contributed by atoms with Crippen molar-refractivity contribution >= 4 is 11.6 Å². The molecule has 0 atom stereocenters. The maximum absolute atomic E-state index is 5.94. The van der Waals surface area contributed by atoms with Gasteiger partial charge in [0, 0.05) is 12.5 Å². The summed E-state index contributed by atoms with van der Waals surface area (Å²) in [4.78, 5) is 0. The number of nitrogens with zero attached hydrogens (tertiary/aromatic N) is 3. The molecule has 0 bridgehead atoms. The number of aryl methyl sites for hydroxylation is 1. The van der Waals surface area contributed by atoms with E-state index < -0.39 is 0 Å². The number of hydrogen-bond acceptors (Lipinski definition) is 5. The molecule has 106 valence electrons. The molecular formula is C13H15ClN4O2. The standard InChI is InChI=1S/C13H15ClN4O2/c14-7-13-17-16-12(2-1-5-15)18(13)9-3-4-10-11(6-9)20-8-19-10/h3-4,6H,1-2,5,7-8,15H2. The van der Waals surface area contributed by atoms with Crippen LogP contribution in [-0.4, -0.2) is 28.1 Å². The summed E-state index contributed by atoms with van der Waals surface area (Å²) >= 11 is 5.94. The number of alkyl halides is 1. The maximum atomic E-state index is 5.94. The molecule has 6 nitrogen and oxygen atoms in total. The first kappa shape index (κ1) is 13.2. The SMILES string of the molecule is NCCCc1nnc(CCl)n1-c1ccc2c(c1)OCO2. The van der Waals surface area contributed by atoms with Crippen LogP contribution in [0.15, 0.2) is 18.2 Å². The van der Waals surface area contributed by atoms with Gasteiger partial charge in [0.15, 0.2) is 17.3 Å². The number of rotatable bonds is 5. The Morgan fingerprint density at radius 1 is 1.20 bits per heavy atom. The second kappa shape index (κ2) is 5.68. The molecule has 0 fully saturated rings. The Morgan fingerprint density at radius 2 is 2.00 bits per heavy atom. The van der Waals surface area contributed by atoms with E-state index in [2.05, 4.69) is 10.2 Å². The Kier molecular flexibility index (Phi) is 3.75. The van der Waals surface area contributed by atoms with Crippen molar-refractivity contribution in [3.05, 3.63) is 29.8 Å². The van der Waals surface area contributed by atoms with Gasteiger partial charge in [-0.15, -0.1) is 21.8 Å². The van der Waals surface area contributed by atoms with Crippen LogP contribution in [0.25, 0.3) is 5.69 Å². The minimum absolute atomic E-state index is 0.253. The van der Waals surface area contributed by atoms with Crippen molar-refractivity contribution in [1.29, 1.82) is 0 Å². The summed E-state index contributed by atoms with van der Waals surface area (Å²) in [7, 11) is 0. The number of ether oxygens (including phenoxy) is 2. The third-order valence-corrected chi connectivity index (χ3v) is 3.37. The van der Waals surface area contributed by atoms with Gasteiger partial charge in [0.1, 0.15) is 5.82 Å². The van der Waals surface area contributed by atoms with E-state index in [0.717, 1.165) is 35.9 Å². The molecule has 3 rings (SSSR count). The lowest BCUT2D eigenvalue weighted by Crippen LogP contribution is -2.07. The zero-order valence-electron chi connectivity index (χ0n) is 10.9. The Hall–Kier alpha value is -1.79. The van der Waals surface area contributed by atoms with Crippen LogP contribution < -0.4 is 15.2 Å². The molecule has 2 heterocycles. The number of hydrogen-bond donors (Lipinski definition) is 1. The third kappa shape index (κ3) is 2.32. The lowest BCUT2D eigenvalue weighted by molar-refractivity contribution is 0.174. The normalized spacial score (nSPS) is 12.9. The van der Waals surface area contributed by atoms with E-state index in [1.54, 1.807) is 0 Å². The Labute approximate surface area is 121 Å². The van der Waals surface area contributed by atoms with Crippen LogP contribution in [0.4, 0.5) is 0 Å². The summed E-state index contributed by atoms with van der Waals surface area (Å²) in [6.45, 7) is 0.869. The van der Waals surface area contributed by atoms with Crippen molar-refractivity contribution in [2.75, 3.05) is 13.3 Å². The minimum Gasteiger partial charge on any atom is -0.454 e.